The number of hydrogen-bond acceptors (Lipinski definition) is 6. The van der Waals surface area contributed by atoms with E-state index in [0.717, 1.165) is 17.3 Å². The molecule has 2 amide bonds. The summed E-state index contributed by atoms with van der Waals surface area (Å²) < 4.78 is 7.00. The van der Waals surface area contributed by atoms with Crippen LogP contribution in [0, 0.1) is 6.92 Å². The molecule has 1 aromatic heterocycles. The fourth-order valence-electron chi connectivity index (χ4n) is 3.88. The average molecular weight is 458 g/mol. The Morgan fingerprint density at radius 3 is 2.27 bits per heavy atom. The second-order valence-corrected chi connectivity index (χ2v) is 8.50. The Morgan fingerprint density at radius 2 is 1.58 bits per heavy atom. The number of ether oxygens (including phenoxy) is 1. The van der Waals surface area contributed by atoms with E-state index >= 15 is 0 Å². The molecule has 33 heavy (non-hydrogen) atoms. The molecular formula is C25H19N3O4S. The van der Waals surface area contributed by atoms with Crippen molar-refractivity contribution in [3.8, 4) is 11.4 Å². The van der Waals surface area contributed by atoms with Gasteiger partial charge in [-0.2, -0.15) is 0 Å². The molecular weight excluding hydrogens is 438 g/mol. The molecule has 1 aliphatic heterocycles. The molecule has 0 bridgehead atoms. The summed E-state index contributed by atoms with van der Waals surface area (Å²) in [6.45, 7) is 1.92. The van der Waals surface area contributed by atoms with Gasteiger partial charge in [-0.1, -0.05) is 42.1 Å². The third-order valence-electron chi connectivity index (χ3n) is 5.52. The number of rotatable bonds is 5. The minimum absolute atomic E-state index is 0.0191. The summed E-state index contributed by atoms with van der Waals surface area (Å²) in [6, 6.07) is 19.4. The molecule has 8 heteroatoms. The molecule has 7 nitrogen and oxygen atoms in total. The first-order chi connectivity index (χ1) is 16.0. The number of carbonyl (C=O) groups is 2. The summed E-state index contributed by atoms with van der Waals surface area (Å²) in [4.78, 5) is 45.0. The number of amides is 2. The summed E-state index contributed by atoms with van der Waals surface area (Å²) in [6.07, 6.45) is 0. The van der Waals surface area contributed by atoms with Gasteiger partial charge in [0.05, 0.1) is 40.7 Å². The summed E-state index contributed by atoms with van der Waals surface area (Å²) in [5.41, 5.74) is 2.54. The van der Waals surface area contributed by atoms with Gasteiger partial charge in [0, 0.05) is 0 Å². The van der Waals surface area contributed by atoms with Gasteiger partial charge in [-0.05, 0) is 48.9 Å². The number of carbonyl (C=O) groups excluding carboxylic acids is 2. The molecule has 0 radical (unpaired) electrons. The van der Waals surface area contributed by atoms with Crippen LogP contribution < -0.4 is 10.3 Å². The molecule has 0 atom stereocenters. The van der Waals surface area contributed by atoms with Crippen molar-refractivity contribution in [2.75, 3.05) is 13.0 Å². The molecule has 3 aromatic carbocycles. The molecule has 0 unspecified atom stereocenters. The molecule has 1 aliphatic rings. The van der Waals surface area contributed by atoms with Crippen molar-refractivity contribution >= 4 is 34.5 Å². The number of para-hydroxylation sites is 1. The number of imide groups is 1. The highest BCUT2D eigenvalue weighted by Crippen LogP contribution is 2.30. The number of nitrogens with zero attached hydrogens (tertiary/aromatic N) is 3. The van der Waals surface area contributed by atoms with Crippen LogP contribution in [0.25, 0.3) is 16.6 Å². The third kappa shape index (κ3) is 3.48. The van der Waals surface area contributed by atoms with Gasteiger partial charge >= 0.3 is 0 Å². The van der Waals surface area contributed by atoms with E-state index in [1.807, 2.05) is 25.1 Å². The predicted molar refractivity (Wildman–Crippen MR) is 126 cm³/mol. The Kier molecular flexibility index (Phi) is 5.22. The van der Waals surface area contributed by atoms with Crippen LogP contribution in [-0.2, 0) is 0 Å². The smallest absolute Gasteiger partial charge is 0.266 e. The van der Waals surface area contributed by atoms with Crippen LogP contribution in [0.5, 0.6) is 5.75 Å². The molecule has 0 spiro atoms. The Labute approximate surface area is 193 Å². The van der Waals surface area contributed by atoms with E-state index in [1.54, 1.807) is 55.6 Å². The maximum absolute atomic E-state index is 13.5. The third-order valence-corrected chi connectivity index (χ3v) is 6.44. The van der Waals surface area contributed by atoms with E-state index < -0.39 is 0 Å². The highest BCUT2D eigenvalue weighted by atomic mass is 32.2. The van der Waals surface area contributed by atoms with Gasteiger partial charge in [0.1, 0.15) is 5.75 Å². The minimum atomic E-state index is -0.356. The normalized spacial score (nSPS) is 13.0. The highest BCUT2D eigenvalue weighted by molar-refractivity contribution is 7.99. The van der Waals surface area contributed by atoms with Crippen LogP contribution in [0.1, 0.15) is 26.3 Å². The molecule has 0 N–H and O–H groups in total. The van der Waals surface area contributed by atoms with E-state index in [9.17, 15) is 14.4 Å². The summed E-state index contributed by atoms with van der Waals surface area (Å²) in [5, 5.41) is 0.824. The van der Waals surface area contributed by atoms with E-state index in [1.165, 1.54) is 9.47 Å². The van der Waals surface area contributed by atoms with Gasteiger partial charge < -0.3 is 4.74 Å². The van der Waals surface area contributed by atoms with Crippen molar-refractivity contribution in [2.45, 2.75) is 12.1 Å². The van der Waals surface area contributed by atoms with Crippen LogP contribution in [-0.4, -0.2) is 39.3 Å². The lowest BCUT2D eigenvalue weighted by atomic mass is 10.1. The van der Waals surface area contributed by atoms with Gasteiger partial charge in [-0.25, -0.2) is 4.98 Å². The van der Waals surface area contributed by atoms with Crippen molar-refractivity contribution in [1.29, 1.82) is 0 Å². The number of aromatic nitrogens is 2. The summed E-state index contributed by atoms with van der Waals surface area (Å²) >= 11 is 1.15. The fraction of sp³-hybridized carbons (Fsp3) is 0.120. The van der Waals surface area contributed by atoms with Crippen LogP contribution in [0.3, 0.4) is 0 Å². The fourth-order valence-corrected chi connectivity index (χ4v) is 4.83. The number of benzene rings is 3. The lowest BCUT2D eigenvalue weighted by Crippen LogP contribution is -2.30. The van der Waals surface area contributed by atoms with Crippen LogP contribution in [0.4, 0.5) is 0 Å². The van der Waals surface area contributed by atoms with E-state index in [4.69, 9.17) is 9.72 Å². The topological polar surface area (TPSA) is 81.5 Å². The molecule has 5 rings (SSSR count). The maximum Gasteiger partial charge on any atom is 0.266 e. The van der Waals surface area contributed by atoms with E-state index in [2.05, 4.69) is 0 Å². The first-order valence-corrected chi connectivity index (χ1v) is 11.2. The van der Waals surface area contributed by atoms with Gasteiger partial charge in [0.25, 0.3) is 17.4 Å². The predicted octanol–water partition coefficient (Wildman–Crippen LogP) is 4.05. The second-order valence-electron chi connectivity index (χ2n) is 7.58. The highest BCUT2D eigenvalue weighted by Gasteiger charge is 2.35. The molecule has 0 saturated heterocycles. The first-order valence-electron chi connectivity index (χ1n) is 10.2. The average Bonchev–Trinajstić information content (AvgIpc) is 3.07. The van der Waals surface area contributed by atoms with Crippen molar-refractivity contribution in [3.05, 3.63) is 93.8 Å². The molecule has 0 aliphatic carbocycles. The minimum Gasteiger partial charge on any atom is -0.495 e. The second kappa shape index (κ2) is 8.22. The van der Waals surface area contributed by atoms with E-state index in [-0.39, 0.29) is 23.3 Å². The largest absolute Gasteiger partial charge is 0.495 e. The first kappa shape index (κ1) is 21.0. The van der Waals surface area contributed by atoms with Crippen molar-refractivity contribution < 1.29 is 14.3 Å². The zero-order chi connectivity index (χ0) is 23.1. The lowest BCUT2D eigenvalue weighted by molar-refractivity contribution is 0.0684. The van der Waals surface area contributed by atoms with Gasteiger partial charge in [-0.15, -0.1) is 0 Å². The van der Waals surface area contributed by atoms with Gasteiger partial charge in [0.2, 0.25) is 0 Å². The zero-order valence-corrected chi connectivity index (χ0v) is 18.8. The summed E-state index contributed by atoms with van der Waals surface area (Å²) in [5.74, 6) is -0.176. The zero-order valence-electron chi connectivity index (χ0n) is 17.9. The van der Waals surface area contributed by atoms with E-state index in [0.29, 0.717) is 38.6 Å². The molecule has 4 aromatic rings. The van der Waals surface area contributed by atoms with Crippen LogP contribution >= 0.6 is 11.8 Å². The standard InChI is InChI=1S/C25H19N3O4S/c1-15-11-12-21(32-2)20(13-15)28-24(31)18-9-5-6-10-19(18)26-25(28)33-14-27-22(29)16-7-3-4-8-17(16)23(27)30/h3-13H,14H2,1-2H3. The number of thioether (sulfide) groups is 1. The van der Waals surface area contributed by atoms with Gasteiger partial charge in [-0.3, -0.25) is 23.9 Å². The number of hydrogen-bond donors (Lipinski definition) is 0. The van der Waals surface area contributed by atoms with Crippen LogP contribution in [0.15, 0.2) is 76.7 Å². The molecule has 0 fully saturated rings. The number of fused-ring (bicyclic) bond motifs is 2. The lowest BCUT2D eigenvalue weighted by Gasteiger charge is -2.18. The maximum atomic E-state index is 13.5. The SMILES string of the molecule is COc1ccc(C)cc1-n1c(SCN2C(=O)c3ccccc3C2=O)nc2ccccc2c1=O. The Morgan fingerprint density at radius 1 is 0.909 bits per heavy atom. The van der Waals surface area contributed by atoms with Gasteiger partial charge in [0.15, 0.2) is 5.16 Å². The number of aryl methyl sites for hydroxylation is 1. The van der Waals surface area contributed by atoms with Crippen LogP contribution in [0.2, 0.25) is 0 Å². The monoisotopic (exact) mass is 457 g/mol. The summed E-state index contributed by atoms with van der Waals surface area (Å²) in [7, 11) is 1.54. The van der Waals surface area contributed by atoms with Crippen molar-refractivity contribution in [3.63, 3.8) is 0 Å². The molecule has 0 saturated carbocycles. The quantitative estimate of drug-likeness (QED) is 0.256. The Balaban J connectivity index is 1.61. The van der Waals surface area contributed by atoms with Crippen molar-refractivity contribution in [2.24, 2.45) is 0 Å². The number of methoxy groups -OCH3 is 1. The van der Waals surface area contributed by atoms with Crippen molar-refractivity contribution in [1.82, 2.24) is 14.5 Å². The molecule has 164 valence electrons. The molecule has 2 heterocycles. The Bertz CT molecular complexity index is 1460. The Hall–Kier alpha value is -3.91.